The first kappa shape index (κ1) is 14.2. The summed E-state index contributed by atoms with van der Waals surface area (Å²) < 4.78 is 19.3. The summed E-state index contributed by atoms with van der Waals surface area (Å²) in [4.78, 5) is 10.2. The Balaban J connectivity index is 1.60. The molecule has 4 nitrogen and oxygen atoms in total. The van der Waals surface area contributed by atoms with Gasteiger partial charge in [0.05, 0.1) is 24.2 Å². The molecule has 1 aliphatic heterocycles. The molecule has 1 atom stereocenters. The fraction of sp³-hybridized carbons (Fsp3) is 0.278. The largest absolute Gasteiger partial charge is 0.370 e. The Hall–Kier alpha value is -2.40. The van der Waals surface area contributed by atoms with Gasteiger partial charge in [0.25, 0.3) is 0 Å². The molecule has 1 aliphatic rings. The molecule has 4 rings (SSSR count). The molecule has 0 aliphatic carbocycles. The maximum atomic E-state index is 13.5. The summed E-state index contributed by atoms with van der Waals surface area (Å²) in [6, 6.07) is 13.2. The monoisotopic (exact) mass is 311 g/mol. The lowest BCUT2D eigenvalue weighted by Gasteiger charge is -2.33. The Labute approximate surface area is 133 Å². The van der Waals surface area contributed by atoms with Crippen molar-refractivity contribution in [3.8, 4) is 0 Å². The van der Waals surface area contributed by atoms with Crippen molar-refractivity contribution in [2.45, 2.75) is 13.0 Å². The summed E-state index contributed by atoms with van der Waals surface area (Å²) in [6.07, 6.45) is -0.0729. The first-order valence-electron chi connectivity index (χ1n) is 7.78. The van der Waals surface area contributed by atoms with E-state index >= 15 is 0 Å². The number of rotatable bonds is 2. The molecule has 0 radical (unpaired) electrons. The smallest absolute Gasteiger partial charge is 0.204 e. The normalized spacial score (nSPS) is 18.5. The third kappa shape index (κ3) is 2.68. The molecule has 2 aromatic carbocycles. The van der Waals surface area contributed by atoms with E-state index < -0.39 is 0 Å². The van der Waals surface area contributed by atoms with Crippen LogP contribution in [0.3, 0.4) is 0 Å². The van der Waals surface area contributed by atoms with Crippen molar-refractivity contribution in [1.29, 1.82) is 0 Å². The molecule has 1 unspecified atom stereocenters. The molecule has 0 saturated carbocycles. The number of nitrogens with zero attached hydrogens (tertiary/aromatic N) is 2. The second-order valence-corrected chi connectivity index (χ2v) is 5.89. The Morgan fingerprint density at radius 1 is 1.26 bits per heavy atom. The lowest BCUT2D eigenvalue weighted by molar-refractivity contribution is 0.0392. The van der Waals surface area contributed by atoms with Gasteiger partial charge in [-0.3, -0.25) is 0 Å². The Bertz CT molecular complexity index is 812. The average molecular weight is 311 g/mol. The van der Waals surface area contributed by atoms with Gasteiger partial charge in [-0.2, -0.15) is 0 Å². The van der Waals surface area contributed by atoms with Crippen molar-refractivity contribution in [2.75, 3.05) is 24.6 Å². The highest BCUT2D eigenvalue weighted by molar-refractivity contribution is 5.77. The average Bonchev–Trinajstić information content (AvgIpc) is 3.02. The first-order valence-corrected chi connectivity index (χ1v) is 7.78. The molecule has 23 heavy (non-hydrogen) atoms. The molecule has 2 heterocycles. The van der Waals surface area contributed by atoms with Crippen LogP contribution in [-0.4, -0.2) is 29.7 Å². The Morgan fingerprint density at radius 3 is 2.96 bits per heavy atom. The van der Waals surface area contributed by atoms with Gasteiger partial charge in [0, 0.05) is 6.54 Å². The molecule has 1 N–H and O–H groups in total. The van der Waals surface area contributed by atoms with E-state index in [4.69, 9.17) is 4.74 Å². The third-order valence-corrected chi connectivity index (χ3v) is 4.30. The highest BCUT2D eigenvalue weighted by atomic mass is 19.1. The maximum absolute atomic E-state index is 13.5. The summed E-state index contributed by atoms with van der Waals surface area (Å²) in [5, 5.41) is 0. The zero-order valence-electron chi connectivity index (χ0n) is 12.9. The number of hydrogen-bond acceptors (Lipinski definition) is 3. The molecular formula is C18H18FN3O. The van der Waals surface area contributed by atoms with Crippen LogP contribution in [0.4, 0.5) is 10.3 Å². The Morgan fingerprint density at radius 2 is 2.13 bits per heavy atom. The summed E-state index contributed by atoms with van der Waals surface area (Å²) in [6.45, 7) is 3.89. The van der Waals surface area contributed by atoms with Crippen molar-refractivity contribution in [2.24, 2.45) is 0 Å². The fourth-order valence-corrected chi connectivity index (χ4v) is 3.00. The van der Waals surface area contributed by atoms with Crippen molar-refractivity contribution in [3.63, 3.8) is 0 Å². The van der Waals surface area contributed by atoms with Crippen molar-refractivity contribution < 1.29 is 9.13 Å². The molecule has 0 bridgehead atoms. The van der Waals surface area contributed by atoms with Gasteiger partial charge >= 0.3 is 0 Å². The minimum Gasteiger partial charge on any atom is -0.370 e. The van der Waals surface area contributed by atoms with Gasteiger partial charge in [0.2, 0.25) is 5.95 Å². The van der Waals surface area contributed by atoms with Crippen LogP contribution in [0.5, 0.6) is 0 Å². The number of aryl methyl sites for hydroxylation is 1. The molecule has 3 aromatic rings. The van der Waals surface area contributed by atoms with Crippen LogP contribution in [0.1, 0.15) is 17.2 Å². The first-order chi connectivity index (χ1) is 11.2. The van der Waals surface area contributed by atoms with Gasteiger partial charge in [-0.05, 0) is 36.2 Å². The quantitative estimate of drug-likeness (QED) is 0.786. The maximum Gasteiger partial charge on any atom is 0.204 e. The predicted molar refractivity (Wildman–Crippen MR) is 88.1 cm³/mol. The van der Waals surface area contributed by atoms with E-state index in [9.17, 15) is 4.39 Å². The number of halogens is 1. The molecule has 0 spiro atoms. The van der Waals surface area contributed by atoms with Crippen molar-refractivity contribution in [3.05, 3.63) is 59.4 Å². The number of imidazole rings is 1. The van der Waals surface area contributed by atoms with E-state index in [0.29, 0.717) is 18.7 Å². The van der Waals surface area contributed by atoms with Crippen molar-refractivity contribution in [1.82, 2.24) is 9.97 Å². The van der Waals surface area contributed by atoms with E-state index in [-0.39, 0.29) is 11.9 Å². The molecule has 0 amide bonds. The number of aromatic amines is 1. The van der Waals surface area contributed by atoms with Gasteiger partial charge < -0.3 is 14.6 Å². The lowest BCUT2D eigenvalue weighted by atomic mass is 10.0. The number of aromatic nitrogens is 2. The second-order valence-electron chi connectivity index (χ2n) is 5.89. The zero-order valence-corrected chi connectivity index (χ0v) is 12.9. The van der Waals surface area contributed by atoms with Crippen LogP contribution < -0.4 is 4.90 Å². The minimum atomic E-state index is -0.182. The number of fused-ring (bicyclic) bond motifs is 1. The predicted octanol–water partition coefficient (Wildman–Crippen LogP) is 3.59. The summed E-state index contributed by atoms with van der Waals surface area (Å²) >= 11 is 0. The van der Waals surface area contributed by atoms with Crippen molar-refractivity contribution >= 4 is 17.0 Å². The van der Waals surface area contributed by atoms with Gasteiger partial charge in [-0.1, -0.05) is 24.3 Å². The van der Waals surface area contributed by atoms with Gasteiger partial charge in [-0.25, -0.2) is 9.37 Å². The number of hydrogen-bond donors (Lipinski definition) is 1. The number of anilines is 1. The van der Waals surface area contributed by atoms with E-state index in [0.717, 1.165) is 29.1 Å². The van der Waals surface area contributed by atoms with Gasteiger partial charge in [0.15, 0.2) is 0 Å². The van der Waals surface area contributed by atoms with Gasteiger partial charge in [-0.15, -0.1) is 0 Å². The summed E-state index contributed by atoms with van der Waals surface area (Å²) in [5.74, 6) is 0.678. The van der Waals surface area contributed by atoms with Crippen LogP contribution in [-0.2, 0) is 4.74 Å². The van der Waals surface area contributed by atoms with E-state index in [2.05, 4.69) is 14.9 Å². The van der Waals surface area contributed by atoms with Crippen LogP contribution >= 0.6 is 0 Å². The van der Waals surface area contributed by atoms with Gasteiger partial charge in [0.1, 0.15) is 11.9 Å². The summed E-state index contributed by atoms with van der Waals surface area (Å²) in [7, 11) is 0. The van der Waals surface area contributed by atoms with Crippen LogP contribution in [0.25, 0.3) is 11.0 Å². The number of ether oxygens (including phenoxy) is 1. The van der Waals surface area contributed by atoms with E-state index in [1.165, 1.54) is 6.07 Å². The molecular weight excluding hydrogens is 293 g/mol. The number of benzene rings is 2. The molecule has 5 heteroatoms. The lowest BCUT2D eigenvalue weighted by Crippen LogP contribution is -2.39. The molecule has 118 valence electrons. The number of nitrogens with one attached hydrogen (secondary N) is 1. The number of para-hydroxylation sites is 2. The second kappa shape index (κ2) is 5.66. The van der Waals surface area contributed by atoms with Crippen LogP contribution in [0.2, 0.25) is 0 Å². The third-order valence-electron chi connectivity index (χ3n) is 4.30. The highest BCUT2D eigenvalue weighted by Crippen LogP contribution is 2.27. The van der Waals surface area contributed by atoms with E-state index in [1.807, 2.05) is 30.3 Å². The fourth-order valence-electron chi connectivity index (χ4n) is 3.00. The minimum absolute atomic E-state index is 0.0729. The molecule has 1 aromatic heterocycles. The SMILES string of the molecule is Cc1cc(C2CN(c3nc4ccccc4[nH]3)CCO2)ccc1F. The number of H-pyrrole nitrogens is 1. The van der Waals surface area contributed by atoms with Crippen LogP contribution in [0, 0.1) is 12.7 Å². The molecule has 1 saturated heterocycles. The zero-order chi connectivity index (χ0) is 15.8. The number of morpholine rings is 1. The Kier molecular flexibility index (Phi) is 3.50. The topological polar surface area (TPSA) is 41.2 Å². The highest BCUT2D eigenvalue weighted by Gasteiger charge is 2.24. The van der Waals surface area contributed by atoms with Crippen LogP contribution in [0.15, 0.2) is 42.5 Å². The molecule has 1 fully saturated rings. The summed E-state index contributed by atoms with van der Waals surface area (Å²) in [5.41, 5.74) is 3.64. The van der Waals surface area contributed by atoms with E-state index in [1.54, 1.807) is 13.0 Å². The standard InChI is InChI=1S/C18H18FN3O/c1-12-10-13(6-7-14(12)19)17-11-22(8-9-23-17)18-20-15-4-2-3-5-16(15)21-18/h2-7,10,17H,8-9,11H2,1H3,(H,20,21).